The van der Waals surface area contributed by atoms with E-state index in [1.54, 1.807) is 11.8 Å². The zero-order valence-corrected chi connectivity index (χ0v) is 19.9. The standard InChI is InChI=1S/C21H32N6O5S/c1-10-15-14(11(2)28)19(30)27(15)16(20(31)32)17(10)33-12-8-13(24(3)9-12)18(29)25-4-6-26(7-5-25)21(22)23/h10-15,28H,4-9H2,1-3H3,(H3,22,23)(H,31,32)/t10-,11-,12+,13+,14-,15-/m1/s1. The Labute approximate surface area is 197 Å². The van der Waals surface area contributed by atoms with Crippen LogP contribution in [0.1, 0.15) is 20.3 Å². The Morgan fingerprint density at radius 3 is 2.36 bits per heavy atom. The van der Waals surface area contributed by atoms with Crippen LogP contribution in [-0.4, -0.2) is 117 Å². The highest BCUT2D eigenvalue weighted by Gasteiger charge is 2.60. The van der Waals surface area contributed by atoms with Crippen molar-refractivity contribution in [2.75, 3.05) is 39.8 Å². The third-order valence-corrected chi connectivity index (χ3v) is 8.83. The number of rotatable bonds is 5. The van der Waals surface area contributed by atoms with Crippen molar-refractivity contribution in [3.05, 3.63) is 10.6 Å². The molecular formula is C21H32N6O5S. The maximum atomic E-state index is 13.2. The van der Waals surface area contributed by atoms with Gasteiger partial charge in [0.2, 0.25) is 11.8 Å². The summed E-state index contributed by atoms with van der Waals surface area (Å²) in [5.41, 5.74) is 5.57. The van der Waals surface area contributed by atoms with Crippen molar-refractivity contribution in [2.45, 2.75) is 43.7 Å². The SMILES string of the molecule is C[C@@H](O)[C@H]1C(=O)N2C(C(=O)O)=C(S[C@H]3C[C@@H](C(=O)N4CCN(C(=N)N)CC4)N(C)C3)[C@H](C)[C@H]12. The Kier molecular flexibility index (Phi) is 6.36. The van der Waals surface area contributed by atoms with E-state index >= 15 is 0 Å². The number of aliphatic hydroxyl groups excluding tert-OH is 1. The number of carboxylic acid groups (broad SMARTS) is 1. The van der Waals surface area contributed by atoms with E-state index in [0.717, 1.165) is 0 Å². The quantitative estimate of drug-likeness (QED) is 0.220. The van der Waals surface area contributed by atoms with Crippen LogP contribution in [0.5, 0.6) is 0 Å². The fraction of sp³-hybridized carbons (Fsp3) is 0.714. The molecule has 5 N–H and O–H groups in total. The number of aliphatic carboxylic acids is 1. The fourth-order valence-electron chi connectivity index (χ4n) is 5.56. The van der Waals surface area contributed by atoms with Crippen molar-refractivity contribution in [3.8, 4) is 0 Å². The smallest absolute Gasteiger partial charge is 0.353 e. The lowest BCUT2D eigenvalue weighted by Crippen LogP contribution is -2.63. The van der Waals surface area contributed by atoms with Gasteiger partial charge in [-0.3, -0.25) is 19.9 Å². The number of fused-ring (bicyclic) bond motifs is 1. The van der Waals surface area contributed by atoms with E-state index in [4.69, 9.17) is 11.1 Å². The van der Waals surface area contributed by atoms with Gasteiger partial charge in [-0.25, -0.2) is 4.79 Å². The highest BCUT2D eigenvalue weighted by Crippen LogP contribution is 2.52. The molecule has 33 heavy (non-hydrogen) atoms. The minimum atomic E-state index is -1.13. The molecule has 0 radical (unpaired) electrons. The van der Waals surface area contributed by atoms with Gasteiger partial charge in [-0.1, -0.05) is 6.92 Å². The maximum Gasteiger partial charge on any atom is 0.353 e. The molecule has 3 fully saturated rings. The summed E-state index contributed by atoms with van der Waals surface area (Å²) < 4.78 is 0. The van der Waals surface area contributed by atoms with Gasteiger partial charge in [0.25, 0.3) is 0 Å². The molecule has 0 bridgehead atoms. The predicted octanol–water partition coefficient (Wildman–Crippen LogP) is -1.02. The summed E-state index contributed by atoms with van der Waals surface area (Å²) in [6.45, 7) is 6.23. The minimum absolute atomic E-state index is 0.0192. The van der Waals surface area contributed by atoms with E-state index < -0.39 is 18.0 Å². The molecule has 0 unspecified atom stereocenters. The molecule has 0 aromatic heterocycles. The first-order valence-corrected chi connectivity index (χ1v) is 12.1. The summed E-state index contributed by atoms with van der Waals surface area (Å²) in [6.07, 6.45) is -0.238. The molecule has 0 aliphatic carbocycles. The number of nitrogens with one attached hydrogen (secondary N) is 1. The average Bonchev–Trinajstić information content (AvgIpc) is 3.23. The average molecular weight is 481 g/mol. The highest BCUT2D eigenvalue weighted by molar-refractivity contribution is 8.03. The molecule has 12 heteroatoms. The number of nitrogens with two attached hydrogens (primary N) is 1. The van der Waals surface area contributed by atoms with Crippen LogP contribution in [-0.2, 0) is 14.4 Å². The number of piperazine rings is 1. The van der Waals surface area contributed by atoms with Crippen LogP contribution in [0.25, 0.3) is 0 Å². The summed E-state index contributed by atoms with van der Waals surface area (Å²) >= 11 is 1.46. The zero-order chi connectivity index (χ0) is 24.2. The van der Waals surface area contributed by atoms with Crippen molar-refractivity contribution < 1.29 is 24.6 Å². The van der Waals surface area contributed by atoms with Gasteiger partial charge in [0, 0.05) is 48.8 Å². The number of thioether (sulfide) groups is 1. The van der Waals surface area contributed by atoms with Crippen molar-refractivity contribution in [2.24, 2.45) is 17.6 Å². The van der Waals surface area contributed by atoms with Crippen LogP contribution >= 0.6 is 11.8 Å². The summed E-state index contributed by atoms with van der Waals surface area (Å²) in [6, 6.07) is -0.624. The lowest BCUT2D eigenvalue weighted by molar-refractivity contribution is -0.163. The molecule has 0 spiro atoms. The van der Waals surface area contributed by atoms with Crippen LogP contribution in [0, 0.1) is 17.2 Å². The number of guanidine groups is 1. The molecule has 0 aromatic carbocycles. The van der Waals surface area contributed by atoms with Gasteiger partial charge in [0.15, 0.2) is 5.96 Å². The topological polar surface area (TPSA) is 154 Å². The maximum absolute atomic E-state index is 13.2. The number of nitrogens with zero attached hydrogens (tertiary/aromatic N) is 4. The van der Waals surface area contributed by atoms with Crippen molar-refractivity contribution >= 4 is 35.5 Å². The second-order valence-corrected chi connectivity index (χ2v) is 10.7. The van der Waals surface area contributed by atoms with Crippen molar-refractivity contribution in [1.29, 1.82) is 5.41 Å². The minimum Gasteiger partial charge on any atom is -0.477 e. The lowest BCUT2D eigenvalue weighted by Gasteiger charge is -2.46. The van der Waals surface area contributed by atoms with Crippen molar-refractivity contribution in [3.63, 3.8) is 0 Å². The van der Waals surface area contributed by atoms with Gasteiger partial charge in [0.05, 0.1) is 24.1 Å². The third-order valence-electron chi connectivity index (χ3n) is 7.33. The fourth-order valence-corrected chi connectivity index (χ4v) is 7.16. The molecule has 4 aliphatic heterocycles. The molecule has 3 saturated heterocycles. The molecule has 4 aliphatic rings. The molecule has 0 aromatic rings. The Balaban J connectivity index is 1.44. The second kappa shape index (κ2) is 8.80. The summed E-state index contributed by atoms with van der Waals surface area (Å²) in [7, 11) is 1.90. The molecule has 4 rings (SSSR count). The van der Waals surface area contributed by atoms with Gasteiger partial charge < -0.3 is 30.6 Å². The molecule has 182 valence electrons. The molecule has 2 amide bonds. The predicted molar refractivity (Wildman–Crippen MR) is 122 cm³/mol. The van der Waals surface area contributed by atoms with Gasteiger partial charge in [-0.05, 0) is 20.4 Å². The summed E-state index contributed by atoms with van der Waals surface area (Å²) in [5.74, 6) is -2.17. The first kappa shape index (κ1) is 23.8. The second-order valence-electron chi connectivity index (χ2n) is 9.40. The van der Waals surface area contributed by atoms with Gasteiger partial charge in [-0.2, -0.15) is 0 Å². The first-order valence-electron chi connectivity index (χ1n) is 11.3. The monoisotopic (exact) mass is 480 g/mol. The lowest BCUT2D eigenvalue weighted by atomic mass is 9.79. The Hall–Kier alpha value is -2.31. The van der Waals surface area contributed by atoms with Crippen LogP contribution in [0.2, 0.25) is 0 Å². The molecule has 4 heterocycles. The number of carboxylic acids is 1. The molecule has 6 atom stereocenters. The molecule has 11 nitrogen and oxygen atoms in total. The van der Waals surface area contributed by atoms with Crippen molar-refractivity contribution in [1.82, 2.24) is 19.6 Å². The normalized spacial score (nSPS) is 33.3. The summed E-state index contributed by atoms with van der Waals surface area (Å²) in [4.78, 5) is 45.3. The van der Waals surface area contributed by atoms with Gasteiger partial charge in [0.1, 0.15) is 5.70 Å². The Bertz CT molecular complexity index is 902. The number of hydrogen-bond acceptors (Lipinski definition) is 7. The summed E-state index contributed by atoms with van der Waals surface area (Å²) in [5, 5.41) is 27.4. The molecular weight excluding hydrogens is 448 g/mol. The Morgan fingerprint density at radius 2 is 1.82 bits per heavy atom. The van der Waals surface area contributed by atoms with Crippen LogP contribution in [0.4, 0.5) is 0 Å². The van der Waals surface area contributed by atoms with E-state index in [0.29, 0.717) is 44.0 Å². The highest BCUT2D eigenvalue weighted by atomic mass is 32.2. The number of amides is 2. The van der Waals surface area contributed by atoms with E-state index in [9.17, 15) is 24.6 Å². The first-order chi connectivity index (χ1) is 15.5. The number of β-lactam (4-membered cyclic amide) rings is 1. The Morgan fingerprint density at radius 1 is 1.21 bits per heavy atom. The number of carbonyl (C=O) groups is 3. The number of aliphatic hydroxyl groups is 1. The van der Waals surface area contributed by atoms with Gasteiger partial charge >= 0.3 is 5.97 Å². The third kappa shape index (κ3) is 3.97. The van der Waals surface area contributed by atoms with E-state index in [1.807, 2.05) is 23.8 Å². The molecule has 0 saturated carbocycles. The van der Waals surface area contributed by atoms with E-state index in [2.05, 4.69) is 0 Å². The number of carbonyl (C=O) groups excluding carboxylic acids is 2. The van der Waals surface area contributed by atoms with Gasteiger partial charge in [-0.15, -0.1) is 11.8 Å². The van der Waals surface area contributed by atoms with Crippen LogP contribution in [0.15, 0.2) is 10.6 Å². The largest absolute Gasteiger partial charge is 0.477 e. The van der Waals surface area contributed by atoms with E-state index in [1.165, 1.54) is 16.7 Å². The number of likely N-dealkylation sites (N-methyl/N-ethyl adjacent to an activating group) is 1. The van der Waals surface area contributed by atoms with E-state index in [-0.39, 0.29) is 46.7 Å². The zero-order valence-electron chi connectivity index (χ0n) is 19.1. The van der Waals surface area contributed by atoms with Crippen LogP contribution in [0.3, 0.4) is 0 Å². The number of hydrogen-bond donors (Lipinski definition) is 4. The number of likely N-dealkylation sites (tertiary alicyclic amines) is 1. The van der Waals surface area contributed by atoms with Crippen LogP contribution < -0.4 is 5.73 Å².